The molecule has 2 N–H and O–H groups in total. The summed E-state index contributed by atoms with van der Waals surface area (Å²) in [7, 11) is 0. The minimum atomic E-state index is -1.48. The molecule has 0 radical (unpaired) electrons. The highest BCUT2D eigenvalue weighted by Crippen LogP contribution is 2.27. The summed E-state index contributed by atoms with van der Waals surface area (Å²) in [6.07, 6.45) is -1.48. The Bertz CT molecular complexity index is 564. The van der Waals surface area contributed by atoms with Crippen LogP contribution >= 0.6 is 12.6 Å². The number of carboxylic acid groups (broad SMARTS) is 1. The Labute approximate surface area is 110 Å². The zero-order valence-electron chi connectivity index (χ0n) is 9.45. The third-order valence-corrected chi connectivity index (χ3v) is 3.07. The molecule has 0 aliphatic heterocycles. The lowest BCUT2D eigenvalue weighted by Crippen LogP contribution is -2.10. The Morgan fingerprint density at radius 3 is 2.22 bits per heavy atom. The van der Waals surface area contributed by atoms with E-state index in [0.717, 1.165) is 16.0 Å². The average molecular weight is 260 g/mol. The molecule has 3 nitrogen and oxygen atoms in total. The third-order valence-electron chi connectivity index (χ3n) is 2.68. The molecule has 1 atom stereocenters. The van der Waals surface area contributed by atoms with Gasteiger partial charge in [0.25, 0.3) is 0 Å². The number of aliphatic hydroxyl groups is 1. The molecular weight excluding hydrogens is 248 g/mol. The van der Waals surface area contributed by atoms with Crippen molar-refractivity contribution in [2.24, 2.45) is 0 Å². The molecule has 92 valence electrons. The minimum Gasteiger partial charge on any atom is -0.479 e. The lowest BCUT2D eigenvalue weighted by atomic mass is 10.0. The van der Waals surface area contributed by atoms with Crippen molar-refractivity contribution >= 4 is 18.6 Å². The molecule has 0 aliphatic carbocycles. The van der Waals surface area contributed by atoms with E-state index in [2.05, 4.69) is 12.6 Å². The fourth-order valence-electron chi connectivity index (χ4n) is 1.71. The quantitative estimate of drug-likeness (QED) is 0.744. The van der Waals surface area contributed by atoms with Gasteiger partial charge in [0.2, 0.25) is 0 Å². The molecule has 0 fully saturated rings. The van der Waals surface area contributed by atoms with Gasteiger partial charge in [-0.25, -0.2) is 4.79 Å². The van der Waals surface area contributed by atoms with E-state index >= 15 is 0 Å². The van der Waals surface area contributed by atoms with Gasteiger partial charge in [-0.2, -0.15) is 0 Å². The van der Waals surface area contributed by atoms with Gasteiger partial charge >= 0.3 is 5.97 Å². The maximum absolute atomic E-state index is 10.6. The van der Waals surface area contributed by atoms with Crippen LogP contribution < -0.4 is 0 Å². The largest absolute Gasteiger partial charge is 0.479 e. The third kappa shape index (κ3) is 2.55. The lowest BCUT2D eigenvalue weighted by molar-refractivity contribution is -0.146. The van der Waals surface area contributed by atoms with Gasteiger partial charge in [0.1, 0.15) is 0 Å². The van der Waals surface area contributed by atoms with E-state index in [1.54, 1.807) is 24.3 Å². The molecule has 0 aliphatic rings. The fourth-order valence-corrected chi connectivity index (χ4v) is 1.99. The molecule has 0 aromatic heterocycles. The molecule has 0 amide bonds. The first-order valence-electron chi connectivity index (χ1n) is 5.39. The molecule has 0 heterocycles. The summed E-state index contributed by atoms with van der Waals surface area (Å²) in [6, 6.07) is 14.4. The van der Waals surface area contributed by atoms with Crippen molar-refractivity contribution in [2.75, 3.05) is 0 Å². The summed E-state index contributed by atoms with van der Waals surface area (Å²) in [4.78, 5) is 11.5. The van der Waals surface area contributed by atoms with Crippen LogP contribution in [0.1, 0.15) is 11.7 Å². The van der Waals surface area contributed by atoms with E-state index in [4.69, 9.17) is 5.11 Å². The van der Waals surface area contributed by atoms with Gasteiger partial charge in [-0.3, -0.25) is 0 Å². The molecule has 1 unspecified atom stereocenters. The van der Waals surface area contributed by atoms with Crippen molar-refractivity contribution in [3.05, 3.63) is 54.1 Å². The van der Waals surface area contributed by atoms with E-state index in [1.807, 2.05) is 24.3 Å². The van der Waals surface area contributed by atoms with Gasteiger partial charge in [0, 0.05) is 4.90 Å². The predicted molar refractivity (Wildman–Crippen MR) is 71.7 cm³/mol. The molecule has 4 heteroatoms. The Hall–Kier alpha value is -1.78. The first kappa shape index (κ1) is 12.7. The van der Waals surface area contributed by atoms with E-state index < -0.39 is 12.1 Å². The summed E-state index contributed by atoms with van der Waals surface area (Å²) in [5.41, 5.74) is 2.27. The van der Waals surface area contributed by atoms with Crippen LogP contribution in [-0.2, 0) is 4.79 Å². The van der Waals surface area contributed by atoms with Crippen molar-refractivity contribution in [1.82, 2.24) is 0 Å². The number of aliphatic hydroxyl groups excluding tert-OH is 1. The van der Waals surface area contributed by atoms with E-state index in [0.29, 0.717) is 5.56 Å². The Morgan fingerprint density at radius 2 is 1.67 bits per heavy atom. The lowest BCUT2D eigenvalue weighted by Gasteiger charge is -2.08. The number of hydrogen-bond donors (Lipinski definition) is 3. The van der Waals surface area contributed by atoms with E-state index in [1.165, 1.54) is 0 Å². The highest BCUT2D eigenvalue weighted by molar-refractivity contribution is 7.80. The van der Waals surface area contributed by atoms with Crippen molar-refractivity contribution < 1.29 is 15.0 Å². The van der Waals surface area contributed by atoms with Crippen LogP contribution in [-0.4, -0.2) is 16.2 Å². The number of carbonyl (C=O) groups is 1. The second-order valence-corrected chi connectivity index (χ2v) is 4.36. The highest BCUT2D eigenvalue weighted by atomic mass is 32.1. The molecule has 0 spiro atoms. The standard InChI is InChI=1S/C14H12O3S/c15-13(14(16)17)10-7-5-9(6-8-10)11-3-1-2-4-12(11)18/h1-8,13,15,18H,(H,16,17). The summed E-state index contributed by atoms with van der Waals surface area (Å²) in [5.74, 6) is -1.25. The normalized spacial score (nSPS) is 12.1. The molecule has 2 aromatic rings. The summed E-state index contributed by atoms with van der Waals surface area (Å²) < 4.78 is 0. The van der Waals surface area contributed by atoms with Gasteiger partial charge in [-0.05, 0) is 22.8 Å². The minimum absolute atomic E-state index is 0.364. The van der Waals surface area contributed by atoms with E-state index in [-0.39, 0.29) is 0 Å². The van der Waals surface area contributed by atoms with Gasteiger partial charge in [-0.15, -0.1) is 12.6 Å². The van der Waals surface area contributed by atoms with Gasteiger partial charge in [0.05, 0.1) is 0 Å². The van der Waals surface area contributed by atoms with Gasteiger partial charge in [0.15, 0.2) is 6.10 Å². The van der Waals surface area contributed by atoms with Crippen LogP contribution in [0.5, 0.6) is 0 Å². The van der Waals surface area contributed by atoms with Crippen LogP contribution in [0.4, 0.5) is 0 Å². The summed E-state index contributed by atoms with van der Waals surface area (Å²) in [6.45, 7) is 0. The second-order valence-electron chi connectivity index (χ2n) is 3.88. The predicted octanol–water partition coefficient (Wildman–Crippen LogP) is 2.76. The number of hydrogen-bond acceptors (Lipinski definition) is 3. The van der Waals surface area contributed by atoms with Crippen molar-refractivity contribution in [3.8, 4) is 11.1 Å². The van der Waals surface area contributed by atoms with Crippen LogP contribution in [0.15, 0.2) is 53.4 Å². The zero-order valence-corrected chi connectivity index (χ0v) is 10.3. The summed E-state index contributed by atoms with van der Waals surface area (Å²) in [5, 5.41) is 18.1. The zero-order chi connectivity index (χ0) is 13.1. The SMILES string of the molecule is O=C(O)C(O)c1ccc(-c2ccccc2S)cc1. The fraction of sp³-hybridized carbons (Fsp3) is 0.0714. The van der Waals surface area contributed by atoms with E-state index in [9.17, 15) is 9.90 Å². The molecule has 0 bridgehead atoms. The topological polar surface area (TPSA) is 57.5 Å². The first-order valence-corrected chi connectivity index (χ1v) is 5.83. The number of aliphatic carboxylic acids is 1. The maximum atomic E-state index is 10.6. The average Bonchev–Trinajstić information content (AvgIpc) is 2.38. The Morgan fingerprint density at radius 1 is 1.06 bits per heavy atom. The molecule has 0 saturated carbocycles. The highest BCUT2D eigenvalue weighted by Gasteiger charge is 2.15. The Balaban J connectivity index is 2.34. The second kappa shape index (κ2) is 5.25. The Kier molecular flexibility index (Phi) is 3.69. The van der Waals surface area contributed by atoms with Crippen LogP contribution in [0.25, 0.3) is 11.1 Å². The van der Waals surface area contributed by atoms with Crippen LogP contribution in [0.2, 0.25) is 0 Å². The summed E-state index contributed by atoms with van der Waals surface area (Å²) >= 11 is 4.36. The van der Waals surface area contributed by atoms with Crippen molar-refractivity contribution in [3.63, 3.8) is 0 Å². The van der Waals surface area contributed by atoms with Crippen LogP contribution in [0, 0.1) is 0 Å². The molecule has 18 heavy (non-hydrogen) atoms. The molecule has 0 saturated heterocycles. The van der Waals surface area contributed by atoms with Crippen molar-refractivity contribution in [2.45, 2.75) is 11.0 Å². The molecular formula is C14H12O3S. The van der Waals surface area contributed by atoms with Crippen LogP contribution in [0.3, 0.4) is 0 Å². The number of thiol groups is 1. The smallest absolute Gasteiger partial charge is 0.337 e. The molecule has 2 aromatic carbocycles. The molecule has 2 rings (SSSR count). The first-order chi connectivity index (χ1) is 8.59. The monoisotopic (exact) mass is 260 g/mol. The number of carboxylic acids is 1. The number of rotatable bonds is 3. The van der Waals surface area contributed by atoms with Gasteiger partial charge in [-0.1, -0.05) is 42.5 Å². The van der Waals surface area contributed by atoms with Crippen molar-refractivity contribution in [1.29, 1.82) is 0 Å². The van der Waals surface area contributed by atoms with Gasteiger partial charge < -0.3 is 10.2 Å². The number of benzene rings is 2. The maximum Gasteiger partial charge on any atom is 0.337 e.